The lowest BCUT2D eigenvalue weighted by molar-refractivity contribution is -0.127. The predicted molar refractivity (Wildman–Crippen MR) is 128 cm³/mol. The number of fused-ring (bicyclic) bond motifs is 1. The van der Waals surface area contributed by atoms with E-state index in [1.807, 2.05) is 13.0 Å². The molecule has 2 unspecified atom stereocenters. The van der Waals surface area contributed by atoms with Crippen molar-refractivity contribution in [3.8, 4) is 11.5 Å². The molecular weight excluding hydrogens is 406 g/mol. The summed E-state index contributed by atoms with van der Waals surface area (Å²) in [5, 5.41) is 6.65. The smallest absolute Gasteiger partial charge is 0.241 e. The Bertz CT molecular complexity index is 811. The fourth-order valence-corrected chi connectivity index (χ4v) is 4.31. The highest BCUT2D eigenvalue weighted by molar-refractivity contribution is 5.86. The normalized spacial score (nSPS) is 20.6. The number of likely N-dealkylation sites (tertiary alicyclic amines) is 1. The van der Waals surface area contributed by atoms with Gasteiger partial charge in [0.1, 0.15) is 17.6 Å². The van der Waals surface area contributed by atoms with Crippen LogP contribution in [0.5, 0.6) is 11.5 Å². The maximum absolute atomic E-state index is 12.1. The molecule has 2 atom stereocenters. The van der Waals surface area contributed by atoms with E-state index in [1.54, 1.807) is 19.0 Å². The molecule has 0 spiro atoms. The third-order valence-corrected chi connectivity index (χ3v) is 6.10. The van der Waals surface area contributed by atoms with Crippen molar-refractivity contribution in [1.29, 1.82) is 0 Å². The van der Waals surface area contributed by atoms with Crippen molar-refractivity contribution in [2.75, 3.05) is 46.9 Å². The fourth-order valence-electron chi connectivity index (χ4n) is 4.31. The molecule has 1 aromatic carbocycles. The van der Waals surface area contributed by atoms with Gasteiger partial charge in [-0.15, -0.1) is 0 Å². The third-order valence-electron chi connectivity index (χ3n) is 6.10. The van der Waals surface area contributed by atoms with Gasteiger partial charge in [-0.2, -0.15) is 0 Å². The van der Waals surface area contributed by atoms with Crippen molar-refractivity contribution in [3.05, 3.63) is 23.3 Å². The summed E-state index contributed by atoms with van der Waals surface area (Å²) in [5.41, 5.74) is 2.17. The van der Waals surface area contributed by atoms with Crippen LogP contribution in [0.4, 0.5) is 0 Å². The lowest BCUT2D eigenvalue weighted by Gasteiger charge is -2.24. The minimum atomic E-state index is 0.00507. The molecule has 1 amide bonds. The topological polar surface area (TPSA) is 78.4 Å². The molecule has 0 radical (unpaired) electrons. The molecular formula is C24H39N5O3. The van der Waals surface area contributed by atoms with E-state index in [0.717, 1.165) is 43.1 Å². The van der Waals surface area contributed by atoms with Gasteiger partial charge < -0.3 is 25.0 Å². The number of benzene rings is 1. The second kappa shape index (κ2) is 11.4. The Labute approximate surface area is 192 Å². The van der Waals surface area contributed by atoms with E-state index in [0.29, 0.717) is 25.2 Å². The molecule has 0 bridgehead atoms. The molecule has 8 nitrogen and oxygen atoms in total. The first kappa shape index (κ1) is 24.2. The van der Waals surface area contributed by atoms with Crippen LogP contribution in [-0.2, 0) is 17.8 Å². The quantitative estimate of drug-likeness (QED) is 0.447. The van der Waals surface area contributed by atoms with Crippen LogP contribution in [0.2, 0.25) is 0 Å². The van der Waals surface area contributed by atoms with Crippen LogP contribution in [0.3, 0.4) is 0 Å². The number of carbonyl (C=O) groups is 1. The molecule has 3 rings (SSSR count). The van der Waals surface area contributed by atoms with Gasteiger partial charge in [-0.05, 0) is 51.9 Å². The summed E-state index contributed by atoms with van der Waals surface area (Å²) in [5.74, 6) is 2.41. The molecule has 2 heterocycles. The number of carbonyl (C=O) groups excluding carboxylic acids is 1. The van der Waals surface area contributed by atoms with E-state index in [1.165, 1.54) is 18.4 Å². The van der Waals surface area contributed by atoms with Crippen molar-refractivity contribution >= 4 is 11.9 Å². The molecule has 1 fully saturated rings. The van der Waals surface area contributed by atoms with Crippen molar-refractivity contribution in [3.63, 3.8) is 0 Å². The minimum Gasteiger partial charge on any atom is -0.494 e. The summed E-state index contributed by atoms with van der Waals surface area (Å²) in [6, 6.07) is 4.62. The molecule has 1 aromatic rings. The Hall–Kier alpha value is -2.48. The van der Waals surface area contributed by atoms with Gasteiger partial charge in [0, 0.05) is 44.2 Å². The van der Waals surface area contributed by atoms with Crippen LogP contribution in [0.1, 0.15) is 44.7 Å². The molecule has 1 saturated heterocycles. The number of nitrogens with zero attached hydrogens (tertiary/aromatic N) is 3. The molecule has 2 aliphatic heterocycles. The standard InChI is InChI=1S/C24H39N5O3/c1-6-29-10-8-9-20(29)15-26-24(27-16-23(30)28(4)5)25-14-19-13-22-18(11-17(3)32-22)12-21(19)31-7-2/h12-13,17,20H,6-11,14-16H2,1-5H3,(H2,25,26,27). The number of hydrogen-bond donors (Lipinski definition) is 2. The number of ether oxygens (including phenoxy) is 2. The summed E-state index contributed by atoms with van der Waals surface area (Å²) in [4.78, 5) is 21.0. The van der Waals surface area contributed by atoms with Gasteiger partial charge in [-0.3, -0.25) is 9.69 Å². The zero-order valence-corrected chi connectivity index (χ0v) is 20.2. The van der Waals surface area contributed by atoms with Crippen molar-refractivity contribution < 1.29 is 14.3 Å². The van der Waals surface area contributed by atoms with Crippen molar-refractivity contribution in [1.82, 2.24) is 20.4 Å². The Kier molecular flexibility index (Phi) is 8.61. The zero-order valence-electron chi connectivity index (χ0n) is 20.2. The lowest BCUT2D eigenvalue weighted by Crippen LogP contribution is -2.47. The number of guanidine groups is 1. The van der Waals surface area contributed by atoms with Crippen LogP contribution < -0.4 is 20.1 Å². The van der Waals surface area contributed by atoms with Crippen LogP contribution in [0.25, 0.3) is 0 Å². The summed E-state index contributed by atoms with van der Waals surface area (Å²) in [6.45, 7) is 10.5. The summed E-state index contributed by atoms with van der Waals surface area (Å²) in [6.07, 6.45) is 3.49. The predicted octanol–water partition coefficient (Wildman–Crippen LogP) is 2.02. The number of amides is 1. The van der Waals surface area contributed by atoms with Gasteiger partial charge in [0.15, 0.2) is 5.96 Å². The van der Waals surface area contributed by atoms with Gasteiger partial charge in [0.05, 0.1) is 19.7 Å². The fraction of sp³-hybridized carbons (Fsp3) is 0.667. The van der Waals surface area contributed by atoms with Gasteiger partial charge in [-0.25, -0.2) is 4.99 Å². The van der Waals surface area contributed by atoms with Gasteiger partial charge in [0.2, 0.25) is 5.91 Å². The number of rotatable bonds is 9. The molecule has 0 saturated carbocycles. The Morgan fingerprint density at radius 2 is 2.12 bits per heavy atom. The largest absolute Gasteiger partial charge is 0.494 e. The molecule has 0 aromatic heterocycles. The van der Waals surface area contributed by atoms with Gasteiger partial charge >= 0.3 is 0 Å². The van der Waals surface area contributed by atoms with Crippen molar-refractivity contribution in [2.24, 2.45) is 4.99 Å². The van der Waals surface area contributed by atoms with E-state index in [-0.39, 0.29) is 18.6 Å². The first-order valence-corrected chi connectivity index (χ1v) is 11.8. The molecule has 32 heavy (non-hydrogen) atoms. The summed E-state index contributed by atoms with van der Waals surface area (Å²) < 4.78 is 11.8. The number of aliphatic imine (C=N–C) groups is 1. The van der Waals surface area contributed by atoms with Crippen LogP contribution in [0, 0.1) is 0 Å². The van der Waals surface area contributed by atoms with E-state index in [4.69, 9.17) is 14.5 Å². The highest BCUT2D eigenvalue weighted by Gasteiger charge is 2.24. The van der Waals surface area contributed by atoms with E-state index in [2.05, 4.69) is 35.4 Å². The molecule has 8 heteroatoms. The molecule has 2 aliphatic rings. The average Bonchev–Trinajstić information content (AvgIpc) is 3.37. The molecule has 178 valence electrons. The Morgan fingerprint density at radius 1 is 1.31 bits per heavy atom. The number of likely N-dealkylation sites (N-methyl/N-ethyl adjacent to an activating group) is 2. The van der Waals surface area contributed by atoms with E-state index < -0.39 is 0 Å². The summed E-state index contributed by atoms with van der Waals surface area (Å²) >= 11 is 0. The number of nitrogens with one attached hydrogen (secondary N) is 2. The first-order chi connectivity index (χ1) is 15.4. The maximum Gasteiger partial charge on any atom is 0.241 e. The third kappa shape index (κ3) is 6.28. The highest BCUT2D eigenvalue weighted by atomic mass is 16.5. The Morgan fingerprint density at radius 3 is 2.84 bits per heavy atom. The van der Waals surface area contributed by atoms with Crippen molar-refractivity contribution in [2.45, 2.75) is 58.7 Å². The summed E-state index contributed by atoms with van der Waals surface area (Å²) in [7, 11) is 3.51. The Balaban J connectivity index is 1.73. The van der Waals surface area contributed by atoms with E-state index in [9.17, 15) is 4.79 Å². The minimum absolute atomic E-state index is 0.00507. The number of hydrogen-bond acceptors (Lipinski definition) is 5. The SMILES string of the molecule is CCOc1cc2c(cc1CN=C(NCC(=O)N(C)C)NCC1CCCN1CC)OC(C)C2. The first-order valence-electron chi connectivity index (χ1n) is 11.8. The highest BCUT2D eigenvalue weighted by Crippen LogP contribution is 2.35. The molecule has 2 N–H and O–H groups in total. The second-order valence-electron chi connectivity index (χ2n) is 8.75. The van der Waals surface area contributed by atoms with E-state index >= 15 is 0 Å². The van der Waals surface area contributed by atoms with Gasteiger partial charge in [0.25, 0.3) is 0 Å². The van der Waals surface area contributed by atoms with Crippen LogP contribution in [0.15, 0.2) is 17.1 Å². The average molecular weight is 446 g/mol. The zero-order chi connectivity index (χ0) is 23.1. The monoisotopic (exact) mass is 445 g/mol. The molecule has 0 aliphatic carbocycles. The maximum atomic E-state index is 12.1. The van der Waals surface area contributed by atoms with Crippen LogP contribution in [-0.4, -0.2) is 80.7 Å². The second-order valence-corrected chi connectivity index (χ2v) is 8.75. The lowest BCUT2D eigenvalue weighted by atomic mass is 10.1. The van der Waals surface area contributed by atoms with Crippen LogP contribution >= 0.6 is 0 Å². The van der Waals surface area contributed by atoms with Gasteiger partial charge in [-0.1, -0.05) is 6.92 Å².